The summed E-state index contributed by atoms with van der Waals surface area (Å²) in [6, 6.07) is 32.4. The smallest absolute Gasteiger partial charge is 0.408 e. The first-order chi connectivity index (χ1) is 26.9. The van der Waals surface area contributed by atoms with Gasteiger partial charge in [-0.1, -0.05) is 149 Å². The second-order valence-electron chi connectivity index (χ2n) is 14.4. The van der Waals surface area contributed by atoms with Crippen molar-refractivity contribution in [2.45, 2.75) is 90.1 Å². The van der Waals surface area contributed by atoms with Crippen LogP contribution in [0.5, 0.6) is 0 Å². The zero-order chi connectivity index (χ0) is 40.5. The molecule has 4 amide bonds. The molecule has 6 atom stereocenters. The Balaban J connectivity index is 1.47. The summed E-state index contributed by atoms with van der Waals surface area (Å²) < 4.78 is 10.8. The summed E-state index contributed by atoms with van der Waals surface area (Å²) in [6.45, 7) is 7.11. The van der Waals surface area contributed by atoms with Crippen molar-refractivity contribution < 1.29 is 38.9 Å². The minimum Gasteiger partial charge on any atom is -0.445 e. The van der Waals surface area contributed by atoms with Gasteiger partial charge in [-0.05, 0) is 34.1 Å². The molecule has 6 N–H and O–H groups in total. The highest BCUT2D eigenvalue weighted by Gasteiger charge is 2.39. The number of alkyl carbamates (subject to hydrolysis) is 2. The fourth-order valence-corrected chi connectivity index (χ4v) is 6.18. The van der Waals surface area contributed by atoms with E-state index in [2.05, 4.69) is 21.3 Å². The van der Waals surface area contributed by atoms with Gasteiger partial charge in [0.1, 0.15) is 37.5 Å². The lowest BCUT2D eigenvalue weighted by molar-refractivity contribution is -0.129. The first-order valence-corrected chi connectivity index (χ1v) is 18.9. The summed E-state index contributed by atoms with van der Waals surface area (Å²) in [7, 11) is 0. The van der Waals surface area contributed by atoms with Gasteiger partial charge in [0.05, 0.1) is 12.1 Å². The van der Waals surface area contributed by atoms with Gasteiger partial charge in [0.25, 0.3) is 0 Å². The highest BCUT2D eigenvalue weighted by molar-refractivity contribution is 5.87. The molecule has 0 fully saturated rings. The van der Waals surface area contributed by atoms with Gasteiger partial charge in [0, 0.05) is 12.8 Å². The predicted octanol–water partition coefficient (Wildman–Crippen LogP) is 5.07. The number of aliphatic hydroxyl groups excluding tert-OH is 2. The van der Waals surface area contributed by atoms with Gasteiger partial charge < -0.3 is 41.0 Å². The van der Waals surface area contributed by atoms with Crippen LogP contribution in [0, 0.1) is 11.8 Å². The van der Waals surface area contributed by atoms with Crippen LogP contribution in [0.3, 0.4) is 0 Å². The fraction of sp³-hybridized carbons (Fsp3) is 0.364. The molecule has 0 aromatic heterocycles. The molecule has 0 bridgehead atoms. The van der Waals surface area contributed by atoms with Crippen LogP contribution in [0.4, 0.5) is 9.59 Å². The number of amides is 4. The number of benzene rings is 4. The maximum Gasteiger partial charge on any atom is 0.408 e. The second kappa shape index (κ2) is 22.0. The van der Waals surface area contributed by atoms with E-state index in [0.717, 1.165) is 22.3 Å². The lowest BCUT2D eigenvalue weighted by Gasteiger charge is -2.37. The first-order valence-electron chi connectivity index (χ1n) is 18.9. The number of carbonyl (C=O) groups excluding carboxylic acids is 4. The highest BCUT2D eigenvalue weighted by Crippen LogP contribution is 2.18. The van der Waals surface area contributed by atoms with E-state index in [-0.39, 0.29) is 37.9 Å². The molecule has 4 aromatic carbocycles. The molecule has 4 rings (SSSR count). The van der Waals surface area contributed by atoms with Crippen LogP contribution in [-0.4, -0.2) is 70.6 Å². The van der Waals surface area contributed by atoms with Gasteiger partial charge in [-0.25, -0.2) is 9.59 Å². The SMILES string of the molecule is CC(C)[C@H](NC(=O)[C@@H](Cc1ccccc1)NC(=O)OCc1ccccc1)[C@H](O)[C@H](O)[C@@H](NC(=O)[C@@H](Cc1ccccc1)NC(=O)OCc1ccccc1)C(C)C. The topological polar surface area (TPSA) is 175 Å². The van der Waals surface area contributed by atoms with Crippen molar-refractivity contribution in [3.05, 3.63) is 144 Å². The number of rotatable bonds is 19. The van der Waals surface area contributed by atoms with Crippen molar-refractivity contribution in [2.75, 3.05) is 0 Å². The molecule has 56 heavy (non-hydrogen) atoms. The average Bonchev–Trinajstić information content (AvgIpc) is 3.20. The van der Waals surface area contributed by atoms with Gasteiger partial charge in [-0.3, -0.25) is 9.59 Å². The molecule has 12 nitrogen and oxygen atoms in total. The molecular weight excluding hydrogens is 713 g/mol. The van der Waals surface area contributed by atoms with Crippen LogP contribution >= 0.6 is 0 Å². The van der Waals surface area contributed by atoms with Crippen molar-refractivity contribution in [3.8, 4) is 0 Å². The Morgan fingerprint density at radius 2 is 0.750 bits per heavy atom. The molecule has 0 heterocycles. The van der Waals surface area contributed by atoms with E-state index in [1.807, 2.05) is 121 Å². The largest absolute Gasteiger partial charge is 0.445 e. The van der Waals surface area contributed by atoms with Crippen molar-refractivity contribution in [1.29, 1.82) is 0 Å². The molecule has 0 aliphatic rings. The van der Waals surface area contributed by atoms with Crippen LogP contribution in [0.15, 0.2) is 121 Å². The summed E-state index contributed by atoms with van der Waals surface area (Å²) >= 11 is 0. The van der Waals surface area contributed by atoms with E-state index in [1.54, 1.807) is 27.7 Å². The quantitative estimate of drug-likeness (QED) is 0.0768. The monoisotopic (exact) mass is 766 g/mol. The highest BCUT2D eigenvalue weighted by atomic mass is 16.6. The fourth-order valence-electron chi connectivity index (χ4n) is 6.18. The molecule has 4 aromatic rings. The Morgan fingerprint density at radius 1 is 0.464 bits per heavy atom. The van der Waals surface area contributed by atoms with Crippen molar-refractivity contribution in [3.63, 3.8) is 0 Å². The standard InChI is InChI=1S/C44H54N4O8/c1-29(2)37(47-41(51)35(25-31-17-9-5-10-18-31)45-43(53)55-27-33-21-13-7-14-22-33)39(49)40(50)38(30(3)4)48-42(52)36(26-32-19-11-6-12-20-32)46-44(54)56-28-34-23-15-8-16-24-34/h5-24,29-30,35-40,49-50H,25-28H2,1-4H3,(H,45,53)(H,46,54)(H,47,51)(H,48,52)/t35-,36-,37+,38+,39-,40+/m1/s1. The Hall–Kier alpha value is -5.72. The molecule has 0 radical (unpaired) electrons. The zero-order valence-electron chi connectivity index (χ0n) is 32.3. The van der Waals surface area contributed by atoms with E-state index >= 15 is 0 Å². The van der Waals surface area contributed by atoms with Gasteiger partial charge in [-0.15, -0.1) is 0 Å². The second-order valence-corrected chi connectivity index (χ2v) is 14.4. The van der Waals surface area contributed by atoms with Gasteiger partial charge in [0.2, 0.25) is 11.8 Å². The van der Waals surface area contributed by atoms with Crippen molar-refractivity contribution >= 4 is 24.0 Å². The lowest BCUT2D eigenvalue weighted by Crippen LogP contribution is -2.62. The molecule has 0 aliphatic heterocycles. The Bertz CT molecular complexity index is 1660. The Labute approximate surface area is 329 Å². The normalized spacial score (nSPS) is 14.4. The molecule has 0 saturated heterocycles. The van der Waals surface area contributed by atoms with Crippen molar-refractivity contribution in [1.82, 2.24) is 21.3 Å². The minimum atomic E-state index is -1.55. The molecule has 0 spiro atoms. The van der Waals surface area contributed by atoms with E-state index in [4.69, 9.17) is 9.47 Å². The van der Waals surface area contributed by atoms with E-state index < -0.39 is 60.4 Å². The van der Waals surface area contributed by atoms with Gasteiger partial charge in [-0.2, -0.15) is 0 Å². The Morgan fingerprint density at radius 3 is 1.04 bits per heavy atom. The van der Waals surface area contributed by atoms with E-state index in [9.17, 15) is 29.4 Å². The maximum absolute atomic E-state index is 13.9. The van der Waals surface area contributed by atoms with Crippen LogP contribution in [0.1, 0.15) is 49.9 Å². The Kier molecular flexibility index (Phi) is 16.9. The van der Waals surface area contributed by atoms with E-state index in [0.29, 0.717) is 0 Å². The number of nitrogens with one attached hydrogen (secondary N) is 4. The van der Waals surface area contributed by atoms with Crippen LogP contribution in [0.25, 0.3) is 0 Å². The average molecular weight is 767 g/mol. The van der Waals surface area contributed by atoms with Crippen LogP contribution in [0.2, 0.25) is 0 Å². The third-order valence-corrected chi connectivity index (χ3v) is 9.35. The van der Waals surface area contributed by atoms with E-state index in [1.165, 1.54) is 0 Å². The summed E-state index contributed by atoms with van der Waals surface area (Å²) in [5.41, 5.74) is 3.12. The molecular formula is C44H54N4O8. The van der Waals surface area contributed by atoms with Gasteiger partial charge >= 0.3 is 12.2 Å². The first kappa shape index (κ1) is 43.0. The molecule has 0 unspecified atom stereocenters. The molecule has 0 aliphatic carbocycles. The van der Waals surface area contributed by atoms with Gasteiger partial charge in [0.15, 0.2) is 0 Å². The number of hydrogen-bond donors (Lipinski definition) is 6. The van der Waals surface area contributed by atoms with Crippen molar-refractivity contribution in [2.24, 2.45) is 11.8 Å². The molecule has 298 valence electrons. The number of ether oxygens (including phenoxy) is 2. The zero-order valence-corrected chi connectivity index (χ0v) is 32.3. The summed E-state index contributed by atoms with van der Waals surface area (Å²) in [5.74, 6) is -1.97. The van der Waals surface area contributed by atoms with Crippen LogP contribution in [-0.2, 0) is 45.1 Å². The summed E-state index contributed by atoms with van der Waals surface area (Å²) in [5, 5.41) is 34.4. The minimum absolute atomic E-state index is 0.00475. The number of hydrogen-bond acceptors (Lipinski definition) is 8. The lowest BCUT2D eigenvalue weighted by atomic mass is 9.87. The third-order valence-electron chi connectivity index (χ3n) is 9.35. The summed E-state index contributed by atoms with van der Waals surface area (Å²) in [6.07, 6.45) is -4.43. The summed E-state index contributed by atoms with van der Waals surface area (Å²) in [4.78, 5) is 53.6. The predicted molar refractivity (Wildman–Crippen MR) is 213 cm³/mol. The molecule has 12 heteroatoms. The number of aliphatic hydroxyl groups is 2. The number of carbonyl (C=O) groups is 4. The molecule has 0 saturated carbocycles. The third kappa shape index (κ3) is 13.8. The maximum atomic E-state index is 13.9. The van der Waals surface area contributed by atoms with Crippen LogP contribution < -0.4 is 21.3 Å².